The molecule has 0 aliphatic rings. The van der Waals surface area contributed by atoms with Crippen LogP contribution in [-0.2, 0) is 11.3 Å². The van der Waals surface area contributed by atoms with Crippen LogP contribution in [0.15, 0.2) is 72.9 Å². The van der Waals surface area contributed by atoms with Crippen LogP contribution < -0.4 is 14.4 Å². The van der Waals surface area contributed by atoms with Crippen molar-refractivity contribution in [2.24, 2.45) is 0 Å². The van der Waals surface area contributed by atoms with E-state index in [2.05, 4.69) is 4.98 Å². The molecular weight excluding hydrogens is 359 g/mol. The summed E-state index contributed by atoms with van der Waals surface area (Å²) >= 11 is 0. The van der Waals surface area contributed by atoms with Gasteiger partial charge in [0.05, 0.1) is 13.7 Å². The SMILES string of the molecule is COc1ccccc1OC(C)C(=O)N(Cc1cccc(F)c1)c1ccccn1. The lowest BCUT2D eigenvalue weighted by atomic mass is 10.2. The maximum Gasteiger partial charge on any atom is 0.269 e. The molecule has 0 N–H and O–H groups in total. The molecule has 0 aliphatic heterocycles. The zero-order chi connectivity index (χ0) is 19.9. The lowest BCUT2D eigenvalue weighted by Gasteiger charge is -2.26. The van der Waals surface area contributed by atoms with E-state index in [4.69, 9.17) is 9.47 Å². The number of nitrogens with zero attached hydrogens (tertiary/aromatic N) is 2. The molecule has 5 nitrogen and oxygen atoms in total. The molecule has 144 valence electrons. The second-order valence-electron chi connectivity index (χ2n) is 6.15. The van der Waals surface area contributed by atoms with Crippen LogP contribution in [0.5, 0.6) is 11.5 Å². The highest BCUT2D eigenvalue weighted by atomic mass is 19.1. The van der Waals surface area contributed by atoms with Crippen LogP contribution in [0.25, 0.3) is 0 Å². The average Bonchev–Trinajstić information content (AvgIpc) is 2.72. The van der Waals surface area contributed by atoms with Crippen molar-refractivity contribution >= 4 is 11.7 Å². The van der Waals surface area contributed by atoms with Gasteiger partial charge in [-0.05, 0) is 48.9 Å². The Kier molecular flexibility index (Phi) is 6.22. The summed E-state index contributed by atoms with van der Waals surface area (Å²) in [5.41, 5.74) is 0.656. The quantitative estimate of drug-likeness (QED) is 0.616. The molecule has 2 aromatic carbocycles. The van der Waals surface area contributed by atoms with Crippen molar-refractivity contribution in [1.29, 1.82) is 0 Å². The zero-order valence-electron chi connectivity index (χ0n) is 15.7. The highest BCUT2D eigenvalue weighted by Crippen LogP contribution is 2.27. The monoisotopic (exact) mass is 380 g/mol. The van der Waals surface area contributed by atoms with E-state index in [9.17, 15) is 9.18 Å². The number of anilines is 1. The summed E-state index contributed by atoms with van der Waals surface area (Å²) in [6, 6.07) is 18.5. The summed E-state index contributed by atoms with van der Waals surface area (Å²) in [4.78, 5) is 18.9. The summed E-state index contributed by atoms with van der Waals surface area (Å²) in [7, 11) is 1.54. The highest BCUT2D eigenvalue weighted by Gasteiger charge is 2.25. The molecule has 0 spiro atoms. The molecular formula is C22H21FN2O3. The molecule has 3 rings (SSSR count). The van der Waals surface area contributed by atoms with E-state index in [1.807, 2.05) is 6.07 Å². The van der Waals surface area contributed by atoms with Gasteiger partial charge in [0.1, 0.15) is 11.6 Å². The molecule has 1 unspecified atom stereocenters. The van der Waals surface area contributed by atoms with Gasteiger partial charge in [-0.1, -0.05) is 30.3 Å². The number of halogens is 1. The topological polar surface area (TPSA) is 51.7 Å². The van der Waals surface area contributed by atoms with Gasteiger partial charge in [0.15, 0.2) is 17.6 Å². The van der Waals surface area contributed by atoms with Crippen LogP contribution in [0.2, 0.25) is 0 Å². The Labute approximate surface area is 163 Å². The molecule has 0 bridgehead atoms. The standard InChI is InChI=1S/C22H21FN2O3/c1-16(28-20-11-4-3-10-19(20)27-2)22(26)25(21-12-5-6-13-24-21)15-17-8-7-9-18(23)14-17/h3-14,16H,15H2,1-2H3. The number of hydrogen-bond donors (Lipinski definition) is 0. The Morgan fingerprint density at radius 3 is 2.50 bits per heavy atom. The molecule has 0 fully saturated rings. The predicted molar refractivity (Wildman–Crippen MR) is 105 cm³/mol. The molecule has 0 saturated carbocycles. The van der Waals surface area contributed by atoms with Gasteiger partial charge in [0.2, 0.25) is 0 Å². The van der Waals surface area contributed by atoms with E-state index < -0.39 is 6.10 Å². The number of carbonyl (C=O) groups excluding carboxylic acids is 1. The Balaban J connectivity index is 1.85. The lowest BCUT2D eigenvalue weighted by Crippen LogP contribution is -2.40. The molecule has 1 amide bonds. The first-order valence-corrected chi connectivity index (χ1v) is 8.85. The van der Waals surface area contributed by atoms with E-state index in [0.717, 1.165) is 0 Å². The molecule has 0 saturated heterocycles. The third-order valence-electron chi connectivity index (χ3n) is 4.14. The van der Waals surface area contributed by atoms with Crippen molar-refractivity contribution in [3.8, 4) is 11.5 Å². The third kappa shape index (κ3) is 4.65. The van der Waals surface area contributed by atoms with Gasteiger partial charge in [-0.3, -0.25) is 9.69 Å². The van der Waals surface area contributed by atoms with Gasteiger partial charge in [0.25, 0.3) is 5.91 Å². The first kappa shape index (κ1) is 19.4. The van der Waals surface area contributed by atoms with Gasteiger partial charge < -0.3 is 9.47 Å². The number of carbonyl (C=O) groups is 1. The number of methoxy groups -OCH3 is 1. The third-order valence-corrected chi connectivity index (χ3v) is 4.14. The number of hydrogen-bond acceptors (Lipinski definition) is 4. The highest BCUT2D eigenvalue weighted by molar-refractivity contribution is 5.95. The number of ether oxygens (including phenoxy) is 2. The predicted octanol–water partition coefficient (Wildman–Crippen LogP) is 4.23. The number of rotatable bonds is 7. The van der Waals surface area contributed by atoms with Gasteiger partial charge in [-0.15, -0.1) is 0 Å². The lowest BCUT2D eigenvalue weighted by molar-refractivity contribution is -0.124. The normalized spacial score (nSPS) is 11.5. The van der Waals surface area contributed by atoms with Crippen LogP contribution in [0.3, 0.4) is 0 Å². The number of pyridine rings is 1. The van der Waals surface area contributed by atoms with Crippen molar-refractivity contribution < 1.29 is 18.7 Å². The molecule has 0 radical (unpaired) electrons. The fourth-order valence-electron chi connectivity index (χ4n) is 2.78. The smallest absolute Gasteiger partial charge is 0.269 e. The van der Waals surface area contributed by atoms with Crippen LogP contribution in [0, 0.1) is 5.82 Å². The largest absolute Gasteiger partial charge is 0.493 e. The van der Waals surface area contributed by atoms with Crippen molar-refractivity contribution in [2.45, 2.75) is 19.6 Å². The summed E-state index contributed by atoms with van der Waals surface area (Å²) in [5.74, 6) is 0.819. The maximum atomic E-state index is 13.6. The molecule has 6 heteroatoms. The summed E-state index contributed by atoms with van der Waals surface area (Å²) < 4.78 is 24.7. The van der Waals surface area contributed by atoms with Crippen LogP contribution >= 0.6 is 0 Å². The Morgan fingerprint density at radius 1 is 1.07 bits per heavy atom. The zero-order valence-corrected chi connectivity index (χ0v) is 15.7. The summed E-state index contributed by atoms with van der Waals surface area (Å²) in [5, 5.41) is 0. The van der Waals surface area contributed by atoms with E-state index in [1.54, 1.807) is 68.8 Å². The molecule has 1 atom stereocenters. The summed E-state index contributed by atoms with van der Waals surface area (Å²) in [6.07, 6.45) is 0.805. The fourth-order valence-corrected chi connectivity index (χ4v) is 2.78. The molecule has 3 aromatic rings. The minimum absolute atomic E-state index is 0.174. The van der Waals surface area contributed by atoms with E-state index >= 15 is 0 Å². The Hall–Kier alpha value is -3.41. The molecule has 28 heavy (non-hydrogen) atoms. The average molecular weight is 380 g/mol. The van der Waals surface area contributed by atoms with Crippen molar-refractivity contribution in [2.75, 3.05) is 12.0 Å². The van der Waals surface area contributed by atoms with Gasteiger partial charge in [-0.2, -0.15) is 0 Å². The van der Waals surface area contributed by atoms with Gasteiger partial charge in [-0.25, -0.2) is 9.37 Å². The minimum atomic E-state index is -0.799. The van der Waals surface area contributed by atoms with E-state index in [1.165, 1.54) is 17.0 Å². The van der Waals surface area contributed by atoms with Crippen LogP contribution in [0.4, 0.5) is 10.2 Å². The molecule has 0 aliphatic carbocycles. The second kappa shape index (κ2) is 8.99. The van der Waals surface area contributed by atoms with Crippen molar-refractivity contribution in [3.05, 3.63) is 84.3 Å². The van der Waals surface area contributed by atoms with Crippen LogP contribution in [0.1, 0.15) is 12.5 Å². The number of benzene rings is 2. The first-order valence-electron chi connectivity index (χ1n) is 8.85. The van der Waals surface area contributed by atoms with Gasteiger partial charge >= 0.3 is 0 Å². The first-order chi connectivity index (χ1) is 13.6. The molecule has 1 aromatic heterocycles. The minimum Gasteiger partial charge on any atom is -0.493 e. The number of amides is 1. The van der Waals surface area contributed by atoms with Crippen LogP contribution in [-0.4, -0.2) is 24.1 Å². The number of para-hydroxylation sites is 2. The van der Waals surface area contributed by atoms with Gasteiger partial charge in [0, 0.05) is 6.20 Å². The Morgan fingerprint density at radius 2 is 1.82 bits per heavy atom. The second-order valence-corrected chi connectivity index (χ2v) is 6.15. The van der Waals surface area contributed by atoms with E-state index in [0.29, 0.717) is 22.9 Å². The Bertz CT molecular complexity index is 934. The van der Waals surface area contributed by atoms with Crippen molar-refractivity contribution in [3.63, 3.8) is 0 Å². The maximum absolute atomic E-state index is 13.6. The molecule has 1 heterocycles. The fraction of sp³-hybridized carbons (Fsp3) is 0.182. The van der Waals surface area contributed by atoms with E-state index in [-0.39, 0.29) is 18.3 Å². The van der Waals surface area contributed by atoms with Crippen molar-refractivity contribution in [1.82, 2.24) is 4.98 Å². The number of aromatic nitrogens is 1. The summed E-state index contributed by atoms with van der Waals surface area (Å²) in [6.45, 7) is 1.84.